The number of aliphatic hydroxyl groups is 1. The van der Waals surface area contributed by atoms with Gasteiger partial charge in [0, 0.05) is 12.6 Å². The molecule has 2 N–H and O–H groups in total. The van der Waals surface area contributed by atoms with Crippen LogP contribution in [0.3, 0.4) is 0 Å². The Bertz CT molecular complexity index is 673. The molecule has 25 heavy (non-hydrogen) atoms. The van der Waals surface area contributed by atoms with Crippen LogP contribution < -0.4 is 5.32 Å². The van der Waals surface area contributed by atoms with Crippen molar-refractivity contribution >= 4 is 11.6 Å². The van der Waals surface area contributed by atoms with Gasteiger partial charge >= 0.3 is 0 Å². The second-order valence-corrected chi connectivity index (χ2v) is 6.53. The molecule has 0 aliphatic heterocycles. The molecule has 0 aromatic heterocycles. The van der Waals surface area contributed by atoms with E-state index in [0.717, 1.165) is 6.42 Å². The first-order valence-corrected chi connectivity index (χ1v) is 8.54. The van der Waals surface area contributed by atoms with Crippen molar-refractivity contribution in [2.45, 2.75) is 44.8 Å². The third-order valence-corrected chi connectivity index (χ3v) is 4.86. The van der Waals surface area contributed by atoms with Crippen LogP contribution in [0.15, 0.2) is 40.7 Å². The molecule has 2 aliphatic rings. The number of hydrogen-bond donors (Lipinski definition) is 2. The minimum absolute atomic E-state index is 0.0820. The Kier molecular flexibility index (Phi) is 6.65. The van der Waals surface area contributed by atoms with Crippen LogP contribution in [0.5, 0.6) is 0 Å². The van der Waals surface area contributed by atoms with Gasteiger partial charge in [-0.2, -0.15) is 5.26 Å². The average molecular weight is 345 g/mol. The summed E-state index contributed by atoms with van der Waals surface area (Å²) < 4.78 is 13.7. The lowest BCUT2D eigenvalue weighted by Gasteiger charge is -2.37. The molecule has 0 bridgehead atoms. The maximum absolute atomic E-state index is 13.7. The fourth-order valence-electron chi connectivity index (χ4n) is 3.55. The molecule has 0 heterocycles. The Hall–Kier alpha value is -2.26. The highest BCUT2D eigenvalue weighted by molar-refractivity contribution is 6.43. The fourth-order valence-corrected chi connectivity index (χ4v) is 3.55. The quantitative estimate of drug-likeness (QED) is 0.768. The Morgan fingerprint density at radius 2 is 2.28 bits per heavy atom. The summed E-state index contributed by atoms with van der Waals surface area (Å²) in [4.78, 5) is 16.2. The minimum Gasteiger partial charge on any atom is -0.391 e. The maximum atomic E-state index is 13.7. The van der Waals surface area contributed by atoms with E-state index >= 15 is 0 Å². The summed E-state index contributed by atoms with van der Waals surface area (Å²) in [5.74, 6) is -0.678. The van der Waals surface area contributed by atoms with E-state index in [1.54, 1.807) is 32.2 Å². The standard InChI is InChI=1S/C19H24FN3O2/c1-3-4-16(22-2)19(25)23-17-10-13(5-6-18(17)24)14-7-12(11-21)8-15(20)9-14/h3-4,8-9,13-14,17-18,24H,5-7,10H2,1-2H3,(H,23,25)/b4-3-,22-16?. The molecule has 4 unspecified atom stereocenters. The Morgan fingerprint density at radius 3 is 2.92 bits per heavy atom. The molecule has 0 aromatic carbocycles. The topological polar surface area (TPSA) is 85.5 Å². The van der Waals surface area contributed by atoms with Crippen LogP contribution in [-0.2, 0) is 4.79 Å². The van der Waals surface area contributed by atoms with Crippen molar-refractivity contribution in [3.8, 4) is 6.07 Å². The fraction of sp³-hybridized carbons (Fsp3) is 0.526. The molecule has 0 saturated heterocycles. The molecule has 6 heteroatoms. The summed E-state index contributed by atoms with van der Waals surface area (Å²) in [6.45, 7) is 1.80. The van der Waals surface area contributed by atoms with E-state index in [1.165, 1.54) is 6.08 Å². The zero-order chi connectivity index (χ0) is 18.4. The van der Waals surface area contributed by atoms with Gasteiger partial charge in [-0.1, -0.05) is 6.08 Å². The molecule has 1 saturated carbocycles. The van der Waals surface area contributed by atoms with Crippen LogP contribution in [0.2, 0.25) is 0 Å². The first kappa shape index (κ1) is 19.1. The summed E-state index contributed by atoms with van der Waals surface area (Å²) in [5.41, 5.74) is 0.736. The lowest BCUT2D eigenvalue weighted by Crippen LogP contribution is -2.49. The highest BCUT2D eigenvalue weighted by Crippen LogP contribution is 2.37. The van der Waals surface area contributed by atoms with Crippen LogP contribution >= 0.6 is 0 Å². The van der Waals surface area contributed by atoms with Crippen molar-refractivity contribution in [2.24, 2.45) is 16.8 Å². The van der Waals surface area contributed by atoms with Crippen LogP contribution in [0.25, 0.3) is 0 Å². The number of amides is 1. The van der Waals surface area contributed by atoms with Gasteiger partial charge in [0.15, 0.2) is 0 Å². The molecular weight excluding hydrogens is 321 g/mol. The molecule has 0 aromatic rings. The molecule has 1 amide bonds. The largest absolute Gasteiger partial charge is 0.391 e. The monoisotopic (exact) mass is 345 g/mol. The van der Waals surface area contributed by atoms with Gasteiger partial charge in [0.05, 0.1) is 18.2 Å². The molecule has 134 valence electrons. The summed E-state index contributed by atoms with van der Waals surface area (Å²) in [7, 11) is 1.54. The second kappa shape index (κ2) is 8.72. The lowest BCUT2D eigenvalue weighted by atomic mass is 9.73. The van der Waals surface area contributed by atoms with E-state index in [-0.39, 0.29) is 23.6 Å². The number of nitrogens with zero attached hydrogens (tertiary/aromatic N) is 2. The van der Waals surface area contributed by atoms with Gasteiger partial charge in [-0.05, 0) is 62.7 Å². The first-order chi connectivity index (χ1) is 12.0. The number of allylic oxidation sites excluding steroid dienone is 5. The van der Waals surface area contributed by atoms with Crippen LogP contribution in [0, 0.1) is 23.2 Å². The molecule has 0 spiro atoms. The number of carbonyl (C=O) groups is 1. The second-order valence-electron chi connectivity index (χ2n) is 6.53. The lowest BCUT2D eigenvalue weighted by molar-refractivity contribution is -0.116. The third kappa shape index (κ3) is 4.86. The summed E-state index contributed by atoms with van der Waals surface area (Å²) >= 11 is 0. The average Bonchev–Trinajstić information content (AvgIpc) is 2.60. The smallest absolute Gasteiger partial charge is 0.269 e. The van der Waals surface area contributed by atoms with Gasteiger partial charge in [0.25, 0.3) is 5.91 Å². The normalized spacial score (nSPS) is 30.4. The summed E-state index contributed by atoms with van der Waals surface area (Å²) in [5, 5.41) is 22.1. The summed E-state index contributed by atoms with van der Waals surface area (Å²) in [6.07, 6.45) is 7.87. The number of halogens is 1. The maximum Gasteiger partial charge on any atom is 0.269 e. The van der Waals surface area contributed by atoms with E-state index in [1.807, 2.05) is 6.07 Å². The number of aliphatic hydroxyl groups excluding tert-OH is 1. The van der Waals surface area contributed by atoms with Crippen LogP contribution in [-0.4, -0.2) is 35.9 Å². The van der Waals surface area contributed by atoms with Gasteiger partial charge in [-0.15, -0.1) is 0 Å². The van der Waals surface area contributed by atoms with Crippen molar-refractivity contribution in [1.29, 1.82) is 5.26 Å². The third-order valence-electron chi connectivity index (χ3n) is 4.86. The van der Waals surface area contributed by atoms with Crippen LogP contribution in [0.4, 0.5) is 4.39 Å². The van der Waals surface area contributed by atoms with E-state index in [4.69, 9.17) is 5.26 Å². The van der Waals surface area contributed by atoms with Crippen molar-refractivity contribution in [3.05, 3.63) is 35.7 Å². The van der Waals surface area contributed by atoms with Gasteiger partial charge in [-0.3, -0.25) is 9.79 Å². The molecular formula is C19H24FN3O2. The van der Waals surface area contributed by atoms with Crippen molar-refractivity contribution in [2.75, 3.05) is 7.05 Å². The number of nitrogens with one attached hydrogen (secondary N) is 1. The predicted octanol–water partition coefficient (Wildman–Crippen LogP) is 2.60. The van der Waals surface area contributed by atoms with Crippen molar-refractivity contribution in [3.63, 3.8) is 0 Å². The molecule has 2 rings (SSSR count). The zero-order valence-electron chi connectivity index (χ0n) is 14.6. The zero-order valence-corrected chi connectivity index (χ0v) is 14.6. The van der Waals surface area contributed by atoms with Crippen LogP contribution in [0.1, 0.15) is 32.6 Å². The highest BCUT2D eigenvalue weighted by Gasteiger charge is 2.35. The Morgan fingerprint density at radius 1 is 1.52 bits per heavy atom. The Balaban J connectivity index is 2.06. The Labute approximate surface area is 147 Å². The number of carbonyl (C=O) groups excluding carboxylic acids is 1. The SMILES string of the molecule is C/C=C\C(=NC)C(=O)NC1CC(C2C=C(F)C=C(C#N)C2)CCC1O. The van der Waals surface area contributed by atoms with Gasteiger partial charge in [0.1, 0.15) is 11.5 Å². The first-order valence-electron chi connectivity index (χ1n) is 8.54. The predicted molar refractivity (Wildman–Crippen MR) is 94.4 cm³/mol. The molecule has 2 aliphatic carbocycles. The van der Waals surface area contributed by atoms with Crippen molar-refractivity contribution < 1.29 is 14.3 Å². The molecule has 5 nitrogen and oxygen atoms in total. The van der Waals surface area contributed by atoms with E-state index in [0.29, 0.717) is 30.5 Å². The van der Waals surface area contributed by atoms with Gasteiger partial charge < -0.3 is 10.4 Å². The number of rotatable bonds is 4. The molecule has 4 atom stereocenters. The molecule has 0 radical (unpaired) electrons. The summed E-state index contributed by atoms with van der Waals surface area (Å²) in [6, 6.07) is 1.63. The van der Waals surface area contributed by atoms with E-state index in [9.17, 15) is 14.3 Å². The number of aliphatic imine (C=N–C) groups is 1. The van der Waals surface area contributed by atoms with E-state index < -0.39 is 12.1 Å². The van der Waals surface area contributed by atoms with E-state index in [2.05, 4.69) is 10.3 Å². The highest BCUT2D eigenvalue weighted by atomic mass is 19.1. The van der Waals surface area contributed by atoms with Crippen molar-refractivity contribution in [1.82, 2.24) is 5.32 Å². The minimum atomic E-state index is -0.632. The molecule has 1 fully saturated rings. The number of nitriles is 1. The van der Waals surface area contributed by atoms with Gasteiger partial charge in [0.2, 0.25) is 0 Å². The van der Waals surface area contributed by atoms with Gasteiger partial charge in [-0.25, -0.2) is 4.39 Å². The number of hydrogen-bond acceptors (Lipinski definition) is 4.